The molecule has 1 aliphatic heterocycles. The van der Waals surface area contributed by atoms with Crippen LogP contribution in [0.1, 0.15) is 33.3 Å². The van der Waals surface area contributed by atoms with Crippen molar-refractivity contribution in [2.45, 2.75) is 63.7 Å². The number of esters is 3. The molecule has 1 aliphatic rings. The third-order valence-corrected chi connectivity index (χ3v) is 4.61. The van der Waals surface area contributed by atoms with Crippen LogP contribution in [-0.4, -0.2) is 48.6 Å². The lowest BCUT2D eigenvalue weighted by Gasteiger charge is -2.43. The van der Waals surface area contributed by atoms with E-state index < -0.39 is 48.6 Å². The van der Waals surface area contributed by atoms with Gasteiger partial charge in [-0.1, -0.05) is 28.1 Å². The molecule has 1 fully saturated rings. The van der Waals surface area contributed by atoms with E-state index in [1.165, 1.54) is 20.8 Å². The molecule has 28 heavy (non-hydrogen) atoms. The molecular formula is C19H23BrO8. The van der Waals surface area contributed by atoms with Crippen molar-refractivity contribution >= 4 is 33.8 Å². The van der Waals surface area contributed by atoms with E-state index in [2.05, 4.69) is 15.9 Å². The summed E-state index contributed by atoms with van der Waals surface area (Å²) in [7, 11) is 0. The van der Waals surface area contributed by atoms with Crippen LogP contribution < -0.4 is 4.74 Å². The smallest absolute Gasteiger partial charge is 0.303 e. The SMILES string of the molecule is CC(=O)O[C@H]1[C@H](OC(C)=O)[C@H](Oc2ccc(CBr)cc2)O[C@@H](C)[C@H]1OC(C)=O. The van der Waals surface area contributed by atoms with Gasteiger partial charge in [-0.2, -0.15) is 0 Å². The molecule has 5 atom stereocenters. The third kappa shape index (κ3) is 5.93. The molecule has 0 radical (unpaired) electrons. The summed E-state index contributed by atoms with van der Waals surface area (Å²) in [5.74, 6) is -1.34. The number of benzene rings is 1. The highest BCUT2D eigenvalue weighted by atomic mass is 79.9. The van der Waals surface area contributed by atoms with Gasteiger partial charge in [0.05, 0.1) is 6.10 Å². The van der Waals surface area contributed by atoms with Crippen LogP contribution in [-0.2, 0) is 38.7 Å². The van der Waals surface area contributed by atoms with E-state index >= 15 is 0 Å². The Morgan fingerprint density at radius 3 is 1.89 bits per heavy atom. The number of hydrogen-bond acceptors (Lipinski definition) is 8. The lowest BCUT2D eigenvalue weighted by Crippen LogP contribution is -2.62. The number of rotatable bonds is 6. The second-order valence-electron chi connectivity index (χ2n) is 6.33. The Balaban J connectivity index is 2.32. The molecule has 0 aromatic heterocycles. The van der Waals surface area contributed by atoms with E-state index in [0.717, 1.165) is 5.56 Å². The monoisotopic (exact) mass is 458 g/mol. The van der Waals surface area contributed by atoms with Crippen LogP contribution in [0.4, 0.5) is 0 Å². The predicted molar refractivity (Wildman–Crippen MR) is 101 cm³/mol. The molecule has 0 N–H and O–H groups in total. The highest BCUT2D eigenvalue weighted by Crippen LogP contribution is 2.30. The first-order chi connectivity index (χ1) is 13.2. The van der Waals surface area contributed by atoms with E-state index in [-0.39, 0.29) is 0 Å². The summed E-state index contributed by atoms with van der Waals surface area (Å²) >= 11 is 3.37. The Labute approximate surface area is 171 Å². The van der Waals surface area contributed by atoms with Crippen LogP contribution in [0.15, 0.2) is 24.3 Å². The van der Waals surface area contributed by atoms with Crippen molar-refractivity contribution in [2.24, 2.45) is 0 Å². The maximum Gasteiger partial charge on any atom is 0.303 e. The first kappa shape index (κ1) is 22.2. The molecule has 1 aromatic carbocycles. The van der Waals surface area contributed by atoms with Gasteiger partial charge >= 0.3 is 17.9 Å². The van der Waals surface area contributed by atoms with Crippen molar-refractivity contribution in [2.75, 3.05) is 0 Å². The molecule has 1 aromatic rings. The Bertz CT molecular complexity index is 704. The fraction of sp³-hybridized carbons (Fsp3) is 0.526. The van der Waals surface area contributed by atoms with Gasteiger partial charge in [-0.3, -0.25) is 14.4 Å². The van der Waals surface area contributed by atoms with Crippen molar-refractivity contribution in [1.29, 1.82) is 0 Å². The fourth-order valence-corrected chi connectivity index (χ4v) is 3.23. The van der Waals surface area contributed by atoms with E-state index in [0.29, 0.717) is 11.1 Å². The molecule has 0 saturated carbocycles. The van der Waals surface area contributed by atoms with Crippen molar-refractivity contribution in [3.8, 4) is 5.75 Å². The minimum absolute atomic E-state index is 0.478. The van der Waals surface area contributed by atoms with Crippen LogP contribution in [0.25, 0.3) is 0 Å². The van der Waals surface area contributed by atoms with E-state index in [1.807, 2.05) is 12.1 Å². The summed E-state index contributed by atoms with van der Waals surface area (Å²) < 4.78 is 27.6. The van der Waals surface area contributed by atoms with Gasteiger partial charge in [-0.15, -0.1) is 0 Å². The minimum Gasteiger partial charge on any atom is -0.461 e. The van der Waals surface area contributed by atoms with Gasteiger partial charge in [0, 0.05) is 26.1 Å². The summed E-state index contributed by atoms with van der Waals surface area (Å²) in [6, 6.07) is 7.22. The van der Waals surface area contributed by atoms with Crippen LogP contribution in [0.5, 0.6) is 5.75 Å². The van der Waals surface area contributed by atoms with Gasteiger partial charge in [0.25, 0.3) is 0 Å². The zero-order valence-corrected chi connectivity index (χ0v) is 17.6. The molecule has 154 valence electrons. The Morgan fingerprint density at radius 2 is 1.39 bits per heavy atom. The standard InChI is InChI=1S/C19H23BrO8/c1-10-16(25-11(2)21)17(26-12(3)22)18(27-13(4)23)19(24-10)28-15-7-5-14(9-20)6-8-15/h5-8,10,16-19H,9H2,1-4H3/t10-,16+,17+,18-,19-/m0/s1. The molecule has 0 amide bonds. The van der Waals surface area contributed by atoms with Gasteiger partial charge in [0.2, 0.25) is 12.4 Å². The summed E-state index contributed by atoms with van der Waals surface area (Å²) in [6.07, 6.45) is -4.91. The Hall–Kier alpha value is -2.13. The number of halogens is 1. The number of alkyl halides is 1. The topological polar surface area (TPSA) is 97.4 Å². The Morgan fingerprint density at radius 1 is 0.893 bits per heavy atom. The maximum atomic E-state index is 11.6. The van der Waals surface area contributed by atoms with E-state index in [9.17, 15) is 14.4 Å². The van der Waals surface area contributed by atoms with Gasteiger partial charge in [-0.25, -0.2) is 0 Å². The average molecular weight is 459 g/mol. The molecule has 0 aliphatic carbocycles. The third-order valence-electron chi connectivity index (χ3n) is 3.96. The highest BCUT2D eigenvalue weighted by molar-refractivity contribution is 9.08. The second-order valence-corrected chi connectivity index (χ2v) is 6.89. The normalized spacial score (nSPS) is 26.8. The number of hydrogen-bond donors (Lipinski definition) is 0. The molecule has 1 heterocycles. The maximum absolute atomic E-state index is 11.6. The van der Waals surface area contributed by atoms with Gasteiger partial charge in [-0.05, 0) is 24.6 Å². The average Bonchev–Trinajstić information content (AvgIpc) is 2.61. The van der Waals surface area contributed by atoms with Crippen LogP contribution >= 0.6 is 15.9 Å². The lowest BCUT2D eigenvalue weighted by atomic mass is 9.99. The number of ether oxygens (including phenoxy) is 5. The highest BCUT2D eigenvalue weighted by Gasteiger charge is 2.51. The first-order valence-corrected chi connectivity index (χ1v) is 9.82. The zero-order valence-electron chi connectivity index (χ0n) is 16.0. The van der Waals surface area contributed by atoms with Crippen LogP contribution in [0, 0.1) is 0 Å². The largest absolute Gasteiger partial charge is 0.461 e. The lowest BCUT2D eigenvalue weighted by molar-refractivity contribution is -0.280. The van der Waals surface area contributed by atoms with E-state index in [4.69, 9.17) is 23.7 Å². The second kappa shape index (κ2) is 9.88. The quantitative estimate of drug-likeness (QED) is 0.364. The van der Waals surface area contributed by atoms with Crippen molar-refractivity contribution in [3.63, 3.8) is 0 Å². The zero-order chi connectivity index (χ0) is 20.8. The molecule has 2 rings (SSSR count). The molecular weight excluding hydrogens is 436 g/mol. The fourth-order valence-electron chi connectivity index (χ4n) is 2.86. The van der Waals surface area contributed by atoms with Gasteiger partial charge < -0.3 is 23.7 Å². The first-order valence-electron chi connectivity index (χ1n) is 8.70. The number of carbonyl (C=O) groups is 3. The van der Waals surface area contributed by atoms with Crippen molar-refractivity contribution in [3.05, 3.63) is 29.8 Å². The van der Waals surface area contributed by atoms with Crippen molar-refractivity contribution < 1.29 is 38.1 Å². The Kier molecular flexibility index (Phi) is 7.82. The molecule has 9 heteroatoms. The summed E-state index contributed by atoms with van der Waals surface area (Å²) in [4.78, 5) is 34.8. The summed E-state index contributed by atoms with van der Waals surface area (Å²) in [5.41, 5.74) is 1.05. The molecule has 1 saturated heterocycles. The predicted octanol–water partition coefficient (Wildman–Crippen LogP) is 2.50. The summed E-state index contributed by atoms with van der Waals surface area (Å²) in [6.45, 7) is 5.31. The summed E-state index contributed by atoms with van der Waals surface area (Å²) in [5, 5.41) is 0.693. The number of carbonyl (C=O) groups excluding carboxylic acids is 3. The van der Waals surface area contributed by atoms with Crippen molar-refractivity contribution in [1.82, 2.24) is 0 Å². The van der Waals surface area contributed by atoms with Crippen LogP contribution in [0.3, 0.4) is 0 Å². The molecule has 8 nitrogen and oxygen atoms in total. The van der Waals surface area contributed by atoms with E-state index in [1.54, 1.807) is 19.1 Å². The molecule has 0 spiro atoms. The van der Waals surface area contributed by atoms with Gasteiger partial charge in [0.1, 0.15) is 5.75 Å². The van der Waals surface area contributed by atoms with Crippen LogP contribution in [0.2, 0.25) is 0 Å². The minimum atomic E-state index is -1.13. The molecule has 0 unspecified atom stereocenters. The van der Waals surface area contributed by atoms with Gasteiger partial charge in [0.15, 0.2) is 12.2 Å². The molecule has 0 bridgehead atoms.